The maximum Gasteiger partial charge on any atom is 0.258 e. The molecule has 0 aliphatic carbocycles. The number of anilines is 1. The highest BCUT2D eigenvalue weighted by atomic mass is 79.9. The van der Waals surface area contributed by atoms with Crippen LogP contribution in [0.5, 0.6) is 5.75 Å². The predicted octanol–water partition coefficient (Wildman–Crippen LogP) is 4.50. The van der Waals surface area contributed by atoms with Crippen LogP contribution >= 0.6 is 31.9 Å². The Hall–Kier alpha value is -1.33. The number of amides is 1. The summed E-state index contributed by atoms with van der Waals surface area (Å²) in [6, 6.07) is 12.9. The molecule has 0 radical (unpaired) electrons. The van der Waals surface area contributed by atoms with Crippen LogP contribution < -0.4 is 9.64 Å². The van der Waals surface area contributed by atoms with Crippen LogP contribution in [0.3, 0.4) is 0 Å². The van der Waals surface area contributed by atoms with Crippen LogP contribution in [-0.2, 0) is 0 Å². The second kappa shape index (κ2) is 6.41. The van der Waals surface area contributed by atoms with Crippen molar-refractivity contribution >= 4 is 43.5 Å². The summed E-state index contributed by atoms with van der Waals surface area (Å²) in [6.45, 7) is 0. The van der Waals surface area contributed by atoms with Crippen LogP contribution in [0.15, 0.2) is 51.4 Å². The van der Waals surface area contributed by atoms with Crippen molar-refractivity contribution in [1.29, 1.82) is 0 Å². The summed E-state index contributed by atoms with van der Waals surface area (Å²) in [6.07, 6.45) is 0. The Balaban J connectivity index is 2.37. The molecule has 0 aliphatic heterocycles. The third kappa shape index (κ3) is 3.22. The summed E-state index contributed by atoms with van der Waals surface area (Å²) in [5, 5.41) is 0. The van der Waals surface area contributed by atoms with Crippen LogP contribution in [0.2, 0.25) is 0 Å². The molecular weight excluding hydrogens is 386 g/mol. The van der Waals surface area contributed by atoms with Crippen molar-refractivity contribution in [3.05, 3.63) is 57.0 Å². The number of halogens is 2. The van der Waals surface area contributed by atoms with Gasteiger partial charge in [0.1, 0.15) is 5.75 Å². The lowest BCUT2D eigenvalue weighted by atomic mass is 10.2. The summed E-state index contributed by atoms with van der Waals surface area (Å²) in [5.74, 6) is 0.564. The lowest BCUT2D eigenvalue weighted by Gasteiger charge is -2.20. The molecule has 5 heteroatoms. The van der Waals surface area contributed by atoms with Crippen LogP contribution in [0.1, 0.15) is 10.4 Å². The molecule has 0 heterocycles. The fourth-order valence-corrected chi connectivity index (χ4v) is 3.18. The number of methoxy groups -OCH3 is 1. The molecule has 0 spiro atoms. The highest BCUT2D eigenvalue weighted by molar-refractivity contribution is 9.11. The van der Waals surface area contributed by atoms with Gasteiger partial charge >= 0.3 is 0 Å². The number of para-hydroxylation sites is 2. The topological polar surface area (TPSA) is 29.5 Å². The van der Waals surface area contributed by atoms with Crippen LogP contribution in [0, 0.1) is 0 Å². The SMILES string of the molecule is COc1ccccc1N(C)C(=O)c1cc(Br)cc(Br)c1. The Labute approximate surface area is 134 Å². The number of carbonyl (C=O) groups excluding carboxylic acids is 1. The number of hydrogen-bond donors (Lipinski definition) is 0. The summed E-state index contributed by atoms with van der Waals surface area (Å²) in [5.41, 5.74) is 1.33. The minimum atomic E-state index is -0.100. The minimum Gasteiger partial charge on any atom is -0.495 e. The first-order valence-corrected chi connectivity index (χ1v) is 7.48. The molecule has 0 fully saturated rings. The summed E-state index contributed by atoms with van der Waals surface area (Å²) in [4.78, 5) is 14.1. The first-order valence-electron chi connectivity index (χ1n) is 5.90. The molecule has 0 N–H and O–H groups in total. The molecule has 20 heavy (non-hydrogen) atoms. The van der Waals surface area contributed by atoms with Crippen molar-refractivity contribution in [1.82, 2.24) is 0 Å². The van der Waals surface area contributed by atoms with E-state index in [1.807, 2.05) is 30.3 Å². The second-order valence-electron chi connectivity index (χ2n) is 4.19. The van der Waals surface area contributed by atoms with Crippen LogP contribution in [0.25, 0.3) is 0 Å². The van der Waals surface area contributed by atoms with Crippen molar-refractivity contribution in [3.8, 4) is 5.75 Å². The quantitative estimate of drug-likeness (QED) is 0.761. The molecule has 1 amide bonds. The van der Waals surface area contributed by atoms with Crippen molar-refractivity contribution in [2.45, 2.75) is 0 Å². The van der Waals surface area contributed by atoms with Crippen molar-refractivity contribution in [2.24, 2.45) is 0 Å². The standard InChI is InChI=1S/C15H13Br2NO2/c1-18(13-5-3-4-6-14(13)20-2)15(19)10-7-11(16)9-12(17)8-10/h3-9H,1-2H3. The van der Waals surface area contributed by atoms with E-state index in [1.54, 1.807) is 31.2 Å². The smallest absolute Gasteiger partial charge is 0.258 e. The van der Waals surface area contributed by atoms with Crippen molar-refractivity contribution in [2.75, 3.05) is 19.1 Å². The van der Waals surface area contributed by atoms with Gasteiger partial charge in [-0.3, -0.25) is 4.79 Å². The number of rotatable bonds is 3. The fraction of sp³-hybridized carbons (Fsp3) is 0.133. The maximum absolute atomic E-state index is 12.5. The van der Waals surface area contributed by atoms with E-state index >= 15 is 0 Å². The van der Waals surface area contributed by atoms with Gasteiger partial charge in [-0.05, 0) is 30.3 Å². The number of ether oxygens (including phenoxy) is 1. The van der Waals surface area contributed by atoms with Gasteiger partial charge in [-0.2, -0.15) is 0 Å². The summed E-state index contributed by atoms with van der Waals surface area (Å²) in [7, 11) is 3.32. The van der Waals surface area contributed by atoms with Crippen LogP contribution in [0.4, 0.5) is 5.69 Å². The number of hydrogen-bond acceptors (Lipinski definition) is 2. The third-order valence-electron chi connectivity index (χ3n) is 2.86. The number of nitrogens with zero attached hydrogens (tertiary/aromatic N) is 1. The number of carbonyl (C=O) groups is 1. The summed E-state index contributed by atoms with van der Waals surface area (Å²) < 4.78 is 6.99. The van der Waals surface area contributed by atoms with E-state index in [-0.39, 0.29) is 5.91 Å². The Morgan fingerprint density at radius 3 is 2.30 bits per heavy atom. The zero-order chi connectivity index (χ0) is 14.7. The molecule has 2 aromatic carbocycles. The van der Waals surface area contributed by atoms with Crippen LogP contribution in [-0.4, -0.2) is 20.1 Å². The van der Waals surface area contributed by atoms with Gasteiger partial charge in [0.2, 0.25) is 0 Å². The molecule has 2 rings (SSSR count). The van der Waals surface area contributed by atoms with Gasteiger partial charge in [0.05, 0.1) is 12.8 Å². The molecule has 0 unspecified atom stereocenters. The molecule has 2 aromatic rings. The number of benzene rings is 2. The monoisotopic (exact) mass is 397 g/mol. The third-order valence-corrected chi connectivity index (χ3v) is 3.78. The largest absolute Gasteiger partial charge is 0.495 e. The summed E-state index contributed by atoms with van der Waals surface area (Å²) >= 11 is 6.78. The molecule has 0 bridgehead atoms. The normalized spacial score (nSPS) is 10.2. The van der Waals surface area contributed by atoms with Gasteiger partial charge in [-0.1, -0.05) is 44.0 Å². The lowest BCUT2D eigenvalue weighted by Crippen LogP contribution is -2.26. The lowest BCUT2D eigenvalue weighted by molar-refractivity contribution is 0.0992. The van der Waals surface area contributed by atoms with E-state index in [1.165, 1.54) is 0 Å². The van der Waals surface area contributed by atoms with Gasteiger partial charge in [0.15, 0.2) is 0 Å². The Kier molecular flexibility index (Phi) is 4.83. The first kappa shape index (κ1) is 15.1. The average molecular weight is 399 g/mol. The van der Waals surface area contributed by atoms with E-state index in [0.717, 1.165) is 14.6 Å². The van der Waals surface area contributed by atoms with Gasteiger partial charge in [0, 0.05) is 21.6 Å². The Morgan fingerprint density at radius 2 is 1.70 bits per heavy atom. The molecule has 0 aromatic heterocycles. The zero-order valence-corrected chi connectivity index (χ0v) is 14.2. The van der Waals surface area contributed by atoms with E-state index in [9.17, 15) is 4.79 Å². The predicted molar refractivity (Wildman–Crippen MR) is 87.6 cm³/mol. The van der Waals surface area contributed by atoms with E-state index < -0.39 is 0 Å². The second-order valence-corrected chi connectivity index (χ2v) is 6.03. The molecule has 104 valence electrons. The minimum absolute atomic E-state index is 0.100. The van der Waals surface area contributed by atoms with Gasteiger partial charge in [-0.15, -0.1) is 0 Å². The van der Waals surface area contributed by atoms with E-state index in [4.69, 9.17) is 4.74 Å². The van der Waals surface area contributed by atoms with E-state index in [0.29, 0.717) is 11.3 Å². The fourth-order valence-electron chi connectivity index (χ4n) is 1.89. The molecule has 0 saturated carbocycles. The van der Waals surface area contributed by atoms with Gasteiger partial charge < -0.3 is 9.64 Å². The maximum atomic E-state index is 12.5. The molecule has 0 saturated heterocycles. The Morgan fingerprint density at radius 1 is 1.10 bits per heavy atom. The van der Waals surface area contributed by atoms with Crippen molar-refractivity contribution in [3.63, 3.8) is 0 Å². The van der Waals surface area contributed by atoms with Crippen molar-refractivity contribution < 1.29 is 9.53 Å². The highest BCUT2D eigenvalue weighted by Crippen LogP contribution is 2.28. The first-order chi connectivity index (χ1) is 9.52. The highest BCUT2D eigenvalue weighted by Gasteiger charge is 2.17. The molecular formula is C15H13Br2NO2. The van der Waals surface area contributed by atoms with E-state index in [2.05, 4.69) is 31.9 Å². The molecule has 3 nitrogen and oxygen atoms in total. The Bertz CT molecular complexity index is 623. The molecule has 0 aliphatic rings. The molecule has 0 atom stereocenters. The zero-order valence-electron chi connectivity index (χ0n) is 11.1. The average Bonchev–Trinajstić information content (AvgIpc) is 2.44. The van der Waals surface area contributed by atoms with Gasteiger partial charge in [-0.25, -0.2) is 0 Å². The van der Waals surface area contributed by atoms with Gasteiger partial charge in [0.25, 0.3) is 5.91 Å².